The van der Waals surface area contributed by atoms with Crippen molar-refractivity contribution in [2.75, 3.05) is 18.5 Å². The van der Waals surface area contributed by atoms with Gasteiger partial charge in [0.2, 0.25) is 5.91 Å². The topological polar surface area (TPSA) is 64.6 Å². The Balaban J connectivity index is 1.58. The zero-order valence-electron chi connectivity index (χ0n) is 13.6. The molecule has 0 aromatic heterocycles. The van der Waals surface area contributed by atoms with Crippen LogP contribution in [0, 0.1) is 11.8 Å². The number of benzene rings is 1. The monoisotopic (exact) mass is 329 g/mol. The van der Waals surface area contributed by atoms with Crippen LogP contribution in [-0.2, 0) is 19.1 Å². The van der Waals surface area contributed by atoms with E-state index in [0.29, 0.717) is 12.8 Å². The maximum absolute atomic E-state index is 12.6. The van der Waals surface area contributed by atoms with Crippen LogP contribution >= 0.6 is 0 Å². The highest BCUT2D eigenvalue weighted by Crippen LogP contribution is 2.28. The number of para-hydroxylation sites is 1. The fraction of sp³-hybridized carbons (Fsp3) is 0.474. The molecule has 1 fully saturated rings. The fourth-order valence-corrected chi connectivity index (χ4v) is 3.18. The van der Waals surface area contributed by atoms with E-state index in [1.165, 1.54) is 0 Å². The highest BCUT2D eigenvalue weighted by atomic mass is 16.6. The number of amides is 1. The first-order valence-electron chi connectivity index (χ1n) is 8.53. The molecule has 1 amide bonds. The van der Waals surface area contributed by atoms with Gasteiger partial charge in [-0.2, -0.15) is 0 Å². The smallest absolute Gasteiger partial charge is 0.310 e. The predicted molar refractivity (Wildman–Crippen MR) is 90.4 cm³/mol. The summed E-state index contributed by atoms with van der Waals surface area (Å²) in [5.41, 5.74) is 0.739. The van der Waals surface area contributed by atoms with Crippen LogP contribution in [0.2, 0.25) is 0 Å². The number of esters is 1. The Kier molecular flexibility index (Phi) is 5.64. The average molecular weight is 329 g/mol. The summed E-state index contributed by atoms with van der Waals surface area (Å²) in [6.07, 6.45) is 6.94. The van der Waals surface area contributed by atoms with E-state index in [2.05, 4.69) is 5.32 Å². The van der Waals surface area contributed by atoms with Crippen LogP contribution in [0.15, 0.2) is 42.5 Å². The van der Waals surface area contributed by atoms with E-state index < -0.39 is 11.8 Å². The maximum atomic E-state index is 12.6. The molecule has 1 aromatic rings. The van der Waals surface area contributed by atoms with E-state index >= 15 is 0 Å². The van der Waals surface area contributed by atoms with Gasteiger partial charge in [-0.3, -0.25) is 9.59 Å². The van der Waals surface area contributed by atoms with Gasteiger partial charge in [0, 0.05) is 12.3 Å². The zero-order chi connectivity index (χ0) is 16.8. The van der Waals surface area contributed by atoms with Gasteiger partial charge < -0.3 is 14.8 Å². The van der Waals surface area contributed by atoms with Crippen LogP contribution in [-0.4, -0.2) is 31.2 Å². The second-order valence-corrected chi connectivity index (χ2v) is 6.28. The minimum atomic E-state index is -0.430. The van der Waals surface area contributed by atoms with Gasteiger partial charge in [-0.1, -0.05) is 30.4 Å². The lowest BCUT2D eigenvalue weighted by Crippen LogP contribution is -2.36. The molecule has 1 aromatic carbocycles. The summed E-state index contributed by atoms with van der Waals surface area (Å²) in [5.74, 6) is -1.26. The largest absolute Gasteiger partial charge is 0.463 e. The number of rotatable bonds is 5. The third-order valence-electron chi connectivity index (χ3n) is 4.55. The number of allylic oxidation sites excluding steroid dienone is 2. The highest BCUT2D eigenvalue weighted by Gasteiger charge is 2.35. The average Bonchev–Trinajstić information content (AvgIpc) is 3.14. The van der Waals surface area contributed by atoms with Gasteiger partial charge in [0.1, 0.15) is 6.61 Å². The second-order valence-electron chi connectivity index (χ2n) is 6.28. The molecule has 3 rings (SSSR count). The number of anilines is 1. The normalized spacial score (nSPS) is 26.1. The number of nitrogens with one attached hydrogen (secondary N) is 1. The molecular formula is C19H23NO4. The van der Waals surface area contributed by atoms with Gasteiger partial charge in [-0.05, 0) is 37.8 Å². The third kappa shape index (κ3) is 4.23. The Bertz CT molecular complexity index is 593. The molecule has 5 nitrogen and oxygen atoms in total. The van der Waals surface area contributed by atoms with Crippen molar-refractivity contribution in [2.45, 2.75) is 31.8 Å². The van der Waals surface area contributed by atoms with Crippen molar-refractivity contribution in [2.24, 2.45) is 11.8 Å². The molecule has 24 heavy (non-hydrogen) atoms. The Morgan fingerprint density at radius 2 is 1.88 bits per heavy atom. The van der Waals surface area contributed by atoms with E-state index in [4.69, 9.17) is 9.47 Å². The molecule has 0 unspecified atom stereocenters. The Labute approximate surface area is 142 Å². The molecule has 1 aliphatic heterocycles. The van der Waals surface area contributed by atoms with Crippen molar-refractivity contribution in [1.29, 1.82) is 0 Å². The lowest BCUT2D eigenvalue weighted by Gasteiger charge is -2.26. The van der Waals surface area contributed by atoms with Gasteiger partial charge in [0.15, 0.2) is 0 Å². The van der Waals surface area contributed by atoms with E-state index in [0.717, 1.165) is 25.1 Å². The summed E-state index contributed by atoms with van der Waals surface area (Å²) in [4.78, 5) is 25.0. The summed E-state index contributed by atoms with van der Waals surface area (Å²) < 4.78 is 10.9. The van der Waals surface area contributed by atoms with E-state index in [-0.39, 0.29) is 24.6 Å². The zero-order valence-corrected chi connectivity index (χ0v) is 13.6. The second kappa shape index (κ2) is 8.11. The lowest BCUT2D eigenvalue weighted by atomic mass is 9.82. The first kappa shape index (κ1) is 16.7. The maximum Gasteiger partial charge on any atom is 0.310 e. The minimum absolute atomic E-state index is 0.00433. The molecule has 1 N–H and O–H groups in total. The number of hydrogen-bond donors (Lipinski definition) is 1. The third-order valence-corrected chi connectivity index (χ3v) is 4.55. The van der Waals surface area contributed by atoms with Crippen molar-refractivity contribution < 1.29 is 19.1 Å². The molecule has 0 saturated carbocycles. The van der Waals surface area contributed by atoms with Gasteiger partial charge in [-0.15, -0.1) is 0 Å². The highest BCUT2D eigenvalue weighted by molar-refractivity contribution is 5.95. The summed E-state index contributed by atoms with van der Waals surface area (Å²) in [7, 11) is 0. The number of ether oxygens (including phenoxy) is 2. The predicted octanol–water partition coefficient (Wildman–Crippen LogP) is 2.93. The molecule has 3 atom stereocenters. The summed E-state index contributed by atoms with van der Waals surface area (Å²) in [6.45, 7) is 1.02. The first-order chi connectivity index (χ1) is 11.7. The van der Waals surface area contributed by atoms with Crippen molar-refractivity contribution >= 4 is 17.6 Å². The van der Waals surface area contributed by atoms with E-state index in [1.807, 2.05) is 42.5 Å². The fourth-order valence-electron chi connectivity index (χ4n) is 3.18. The molecule has 5 heteroatoms. The van der Waals surface area contributed by atoms with Crippen molar-refractivity contribution in [3.8, 4) is 0 Å². The molecule has 1 heterocycles. The summed E-state index contributed by atoms with van der Waals surface area (Å²) >= 11 is 0. The van der Waals surface area contributed by atoms with Gasteiger partial charge in [0.05, 0.1) is 17.9 Å². The van der Waals surface area contributed by atoms with Crippen molar-refractivity contribution in [3.63, 3.8) is 0 Å². The summed E-state index contributed by atoms with van der Waals surface area (Å²) in [5, 5.41) is 2.89. The van der Waals surface area contributed by atoms with Crippen molar-refractivity contribution in [1.82, 2.24) is 0 Å². The van der Waals surface area contributed by atoms with Gasteiger partial charge >= 0.3 is 5.97 Å². The number of hydrogen-bond acceptors (Lipinski definition) is 4. The Morgan fingerprint density at radius 1 is 1.12 bits per heavy atom. The minimum Gasteiger partial charge on any atom is -0.463 e. The number of carbonyl (C=O) groups is 2. The Hall–Kier alpha value is -2.14. The van der Waals surface area contributed by atoms with Gasteiger partial charge in [-0.25, -0.2) is 0 Å². The summed E-state index contributed by atoms with van der Waals surface area (Å²) in [6, 6.07) is 9.29. The van der Waals surface area contributed by atoms with Crippen LogP contribution in [0.1, 0.15) is 25.7 Å². The van der Waals surface area contributed by atoms with Gasteiger partial charge in [0.25, 0.3) is 0 Å². The first-order valence-corrected chi connectivity index (χ1v) is 8.53. The lowest BCUT2D eigenvalue weighted by molar-refractivity contribution is -0.155. The van der Waals surface area contributed by atoms with Crippen LogP contribution < -0.4 is 5.32 Å². The molecule has 0 bridgehead atoms. The number of carbonyl (C=O) groups excluding carboxylic acids is 2. The van der Waals surface area contributed by atoms with E-state index in [9.17, 15) is 9.59 Å². The van der Waals surface area contributed by atoms with Crippen LogP contribution in [0.25, 0.3) is 0 Å². The Morgan fingerprint density at radius 3 is 2.58 bits per heavy atom. The SMILES string of the molecule is O=C(Nc1ccccc1)[C@@H]1CC=CC[C@H]1C(=O)OC[C@@H]1CCCO1. The molecule has 0 spiro atoms. The molecule has 1 saturated heterocycles. The van der Waals surface area contributed by atoms with Crippen LogP contribution in [0.3, 0.4) is 0 Å². The molecule has 0 radical (unpaired) electrons. The molecule has 1 aliphatic carbocycles. The standard InChI is InChI=1S/C19H23NO4/c21-18(20-14-7-2-1-3-8-14)16-10-4-5-11-17(16)19(22)24-13-15-9-6-12-23-15/h1-5,7-8,15-17H,6,9-13H2,(H,20,21)/t15-,16+,17+/m0/s1. The molecule has 128 valence electrons. The molecular weight excluding hydrogens is 306 g/mol. The quantitative estimate of drug-likeness (QED) is 0.666. The van der Waals surface area contributed by atoms with Crippen molar-refractivity contribution in [3.05, 3.63) is 42.5 Å². The van der Waals surface area contributed by atoms with Crippen LogP contribution in [0.4, 0.5) is 5.69 Å². The van der Waals surface area contributed by atoms with Crippen LogP contribution in [0.5, 0.6) is 0 Å². The van der Waals surface area contributed by atoms with E-state index in [1.54, 1.807) is 0 Å². The molecule has 2 aliphatic rings.